The van der Waals surface area contributed by atoms with Crippen molar-refractivity contribution in [2.75, 3.05) is 19.8 Å². The topological polar surface area (TPSA) is 51.2 Å². The molecule has 1 saturated heterocycles. The molecule has 2 heterocycles. The maximum Gasteiger partial charge on any atom is 0.270 e. The fourth-order valence-electron chi connectivity index (χ4n) is 2.16. The number of carbonyl (C=O) groups excluding carboxylic acids is 1. The lowest BCUT2D eigenvalue weighted by molar-refractivity contribution is 0.0941. The minimum absolute atomic E-state index is 0.102. The first-order valence-electron chi connectivity index (χ1n) is 6.70. The van der Waals surface area contributed by atoms with Gasteiger partial charge in [0.1, 0.15) is 10.7 Å². The molecule has 1 fully saturated rings. The number of rotatable bonds is 4. The van der Waals surface area contributed by atoms with Gasteiger partial charge in [-0.15, -0.1) is 11.3 Å². The van der Waals surface area contributed by atoms with E-state index < -0.39 is 0 Å². The molecule has 0 radical (unpaired) electrons. The fraction of sp³-hybridized carbons (Fsp3) is 0.333. The minimum atomic E-state index is -0.102. The highest BCUT2D eigenvalue weighted by Crippen LogP contribution is 2.23. The van der Waals surface area contributed by atoms with Crippen molar-refractivity contribution in [3.05, 3.63) is 41.4 Å². The molecule has 4 nitrogen and oxygen atoms in total. The normalized spacial score (nSPS) is 18.1. The Morgan fingerprint density at radius 1 is 1.40 bits per heavy atom. The molecule has 0 saturated carbocycles. The lowest BCUT2D eigenvalue weighted by atomic mass is 10.1. The summed E-state index contributed by atoms with van der Waals surface area (Å²) < 4.78 is 5.29. The zero-order chi connectivity index (χ0) is 13.8. The van der Waals surface area contributed by atoms with E-state index in [2.05, 4.69) is 10.3 Å². The number of thiazole rings is 1. The first kappa shape index (κ1) is 13.3. The second-order valence-electron chi connectivity index (χ2n) is 4.84. The number of amides is 1. The lowest BCUT2D eigenvalue weighted by Crippen LogP contribution is -2.29. The van der Waals surface area contributed by atoms with Gasteiger partial charge in [0, 0.05) is 30.0 Å². The molecule has 1 aliphatic heterocycles. The summed E-state index contributed by atoms with van der Waals surface area (Å²) in [6.45, 7) is 2.21. The Morgan fingerprint density at radius 3 is 3.00 bits per heavy atom. The summed E-state index contributed by atoms with van der Waals surface area (Å²) in [5.74, 6) is 0.335. The second kappa shape index (κ2) is 6.15. The van der Waals surface area contributed by atoms with Crippen LogP contribution in [0.5, 0.6) is 0 Å². The number of nitrogens with one attached hydrogen (secondary N) is 1. The number of hydrogen-bond donors (Lipinski definition) is 1. The van der Waals surface area contributed by atoms with Crippen LogP contribution in [-0.2, 0) is 4.74 Å². The number of hydrogen-bond acceptors (Lipinski definition) is 4. The predicted molar refractivity (Wildman–Crippen MR) is 78.8 cm³/mol. The summed E-state index contributed by atoms with van der Waals surface area (Å²) in [4.78, 5) is 16.4. The fourth-order valence-corrected chi connectivity index (χ4v) is 2.97. The first-order valence-corrected chi connectivity index (χ1v) is 7.58. The molecule has 1 amide bonds. The maximum atomic E-state index is 12.0. The number of ether oxygens (including phenoxy) is 1. The van der Waals surface area contributed by atoms with Crippen LogP contribution < -0.4 is 5.32 Å². The van der Waals surface area contributed by atoms with Crippen LogP contribution >= 0.6 is 11.3 Å². The van der Waals surface area contributed by atoms with Gasteiger partial charge in [-0.2, -0.15) is 0 Å². The molecule has 20 heavy (non-hydrogen) atoms. The van der Waals surface area contributed by atoms with Crippen molar-refractivity contribution in [3.8, 4) is 10.6 Å². The van der Waals surface area contributed by atoms with Gasteiger partial charge in [-0.05, 0) is 6.42 Å². The average molecular weight is 288 g/mol. The van der Waals surface area contributed by atoms with Crippen molar-refractivity contribution in [2.24, 2.45) is 5.92 Å². The van der Waals surface area contributed by atoms with E-state index >= 15 is 0 Å². The summed E-state index contributed by atoms with van der Waals surface area (Å²) in [6.07, 6.45) is 1.02. The number of carbonyl (C=O) groups is 1. The Balaban J connectivity index is 1.62. The molecule has 1 aromatic carbocycles. The molecule has 5 heteroatoms. The standard InChI is InChI=1S/C15H16N2O2S/c18-14(16-8-11-6-7-19-9-11)13-10-20-15(17-13)12-4-2-1-3-5-12/h1-5,10-11H,6-9H2,(H,16,18)/t11-/m1/s1. The molecule has 104 valence electrons. The van der Waals surface area contributed by atoms with Gasteiger partial charge in [0.05, 0.1) is 6.61 Å². The molecule has 1 aliphatic rings. The second-order valence-corrected chi connectivity index (χ2v) is 5.70. The van der Waals surface area contributed by atoms with Gasteiger partial charge in [-0.3, -0.25) is 4.79 Å². The van der Waals surface area contributed by atoms with Crippen molar-refractivity contribution in [2.45, 2.75) is 6.42 Å². The quantitative estimate of drug-likeness (QED) is 0.940. The van der Waals surface area contributed by atoms with Crippen LogP contribution in [0.2, 0.25) is 0 Å². The van der Waals surface area contributed by atoms with Gasteiger partial charge in [0.2, 0.25) is 0 Å². The largest absolute Gasteiger partial charge is 0.381 e. The Hall–Kier alpha value is -1.72. The van der Waals surface area contributed by atoms with E-state index in [0.717, 1.165) is 30.2 Å². The minimum Gasteiger partial charge on any atom is -0.381 e. The van der Waals surface area contributed by atoms with Crippen LogP contribution in [0.15, 0.2) is 35.7 Å². The Bertz CT molecular complexity index is 577. The third kappa shape index (κ3) is 3.05. The average Bonchev–Trinajstić information content (AvgIpc) is 3.17. The number of nitrogens with zero attached hydrogens (tertiary/aromatic N) is 1. The van der Waals surface area contributed by atoms with E-state index in [-0.39, 0.29) is 5.91 Å². The molecule has 1 atom stereocenters. The van der Waals surface area contributed by atoms with Crippen molar-refractivity contribution >= 4 is 17.2 Å². The van der Waals surface area contributed by atoms with E-state index in [1.54, 1.807) is 0 Å². The number of benzene rings is 1. The van der Waals surface area contributed by atoms with E-state index in [1.165, 1.54) is 11.3 Å². The molecular weight excluding hydrogens is 272 g/mol. The van der Waals surface area contributed by atoms with Gasteiger partial charge in [0.15, 0.2) is 0 Å². The highest BCUT2D eigenvalue weighted by molar-refractivity contribution is 7.13. The third-order valence-corrected chi connectivity index (χ3v) is 4.22. The van der Waals surface area contributed by atoms with Gasteiger partial charge < -0.3 is 10.1 Å². The maximum absolute atomic E-state index is 12.0. The van der Waals surface area contributed by atoms with E-state index in [1.807, 2.05) is 35.7 Å². The molecule has 0 aliphatic carbocycles. The molecule has 0 spiro atoms. The highest BCUT2D eigenvalue weighted by atomic mass is 32.1. The van der Waals surface area contributed by atoms with Gasteiger partial charge >= 0.3 is 0 Å². The van der Waals surface area contributed by atoms with E-state index in [4.69, 9.17) is 4.74 Å². The molecule has 1 N–H and O–H groups in total. The molecule has 0 unspecified atom stereocenters. The Kier molecular flexibility index (Phi) is 4.08. The van der Waals surface area contributed by atoms with Crippen LogP contribution in [0.25, 0.3) is 10.6 Å². The third-order valence-electron chi connectivity index (χ3n) is 3.33. The van der Waals surface area contributed by atoms with Crippen molar-refractivity contribution in [1.82, 2.24) is 10.3 Å². The monoisotopic (exact) mass is 288 g/mol. The van der Waals surface area contributed by atoms with Crippen LogP contribution in [0.1, 0.15) is 16.9 Å². The van der Waals surface area contributed by atoms with Crippen LogP contribution in [0, 0.1) is 5.92 Å². The SMILES string of the molecule is O=C(NC[C@H]1CCOC1)c1csc(-c2ccccc2)n1. The first-order chi connectivity index (χ1) is 9.83. The van der Waals surface area contributed by atoms with Gasteiger partial charge in [0.25, 0.3) is 5.91 Å². The van der Waals surface area contributed by atoms with Crippen molar-refractivity contribution in [1.29, 1.82) is 0 Å². The summed E-state index contributed by atoms with van der Waals surface area (Å²) in [6, 6.07) is 9.90. The summed E-state index contributed by atoms with van der Waals surface area (Å²) in [7, 11) is 0. The highest BCUT2D eigenvalue weighted by Gasteiger charge is 2.18. The van der Waals surface area contributed by atoms with Crippen LogP contribution in [-0.4, -0.2) is 30.6 Å². The van der Waals surface area contributed by atoms with Crippen molar-refractivity contribution < 1.29 is 9.53 Å². The molecule has 0 bridgehead atoms. The Labute approximate surface area is 121 Å². The Morgan fingerprint density at radius 2 is 2.25 bits per heavy atom. The van der Waals surface area contributed by atoms with Crippen LogP contribution in [0.4, 0.5) is 0 Å². The zero-order valence-electron chi connectivity index (χ0n) is 11.0. The summed E-state index contributed by atoms with van der Waals surface area (Å²) >= 11 is 1.49. The molecule has 1 aromatic heterocycles. The smallest absolute Gasteiger partial charge is 0.270 e. The van der Waals surface area contributed by atoms with Crippen molar-refractivity contribution in [3.63, 3.8) is 0 Å². The van der Waals surface area contributed by atoms with E-state index in [9.17, 15) is 4.79 Å². The number of aromatic nitrogens is 1. The van der Waals surface area contributed by atoms with Crippen LogP contribution in [0.3, 0.4) is 0 Å². The molecule has 2 aromatic rings. The van der Waals surface area contributed by atoms with E-state index in [0.29, 0.717) is 18.2 Å². The summed E-state index contributed by atoms with van der Waals surface area (Å²) in [5.41, 5.74) is 1.54. The molecular formula is C15H16N2O2S. The summed E-state index contributed by atoms with van der Waals surface area (Å²) in [5, 5.41) is 5.61. The lowest BCUT2D eigenvalue weighted by Gasteiger charge is -2.07. The van der Waals surface area contributed by atoms with Gasteiger partial charge in [-0.1, -0.05) is 30.3 Å². The zero-order valence-corrected chi connectivity index (χ0v) is 11.9. The molecule has 3 rings (SSSR count). The predicted octanol–water partition coefficient (Wildman–Crippen LogP) is 2.58. The van der Waals surface area contributed by atoms with Gasteiger partial charge in [-0.25, -0.2) is 4.98 Å².